The Balaban J connectivity index is 1.46. The van der Waals surface area contributed by atoms with Crippen molar-refractivity contribution in [1.29, 1.82) is 0 Å². The van der Waals surface area contributed by atoms with Crippen molar-refractivity contribution < 1.29 is 9.59 Å². The highest BCUT2D eigenvalue weighted by atomic mass is 16.2. The third-order valence-electron chi connectivity index (χ3n) is 5.40. The fourth-order valence-corrected chi connectivity index (χ4v) is 3.88. The Morgan fingerprint density at radius 2 is 1.69 bits per heavy atom. The minimum Gasteiger partial charge on any atom is -0.341 e. The molecule has 0 saturated heterocycles. The van der Waals surface area contributed by atoms with Crippen molar-refractivity contribution >= 4 is 45.5 Å². The first kappa shape index (κ1) is 21.3. The molecule has 32 heavy (non-hydrogen) atoms. The van der Waals surface area contributed by atoms with E-state index in [1.807, 2.05) is 19.1 Å². The molecule has 1 aromatic heterocycles. The zero-order valence-electron chi connectivity index (χ0n) is 18.3. The molecule has 2 N–H and O–H groups in total. The zero-order valence-corrected chi connectivity index (χ0v) is 18.3. The van der Waals surface area contributed by atoms with Gasteiger partial charge in [0.15, 0.2) is 0 Å². The lowest BCUT2D eigenvalue weighted by atomic mass is 10.1. The van der Waals surface area contributed by atoms with E-state index >= 15 is 0 Å². The van der Waals surface area contributed by atoms with Crippen LogP contribution in [0.3, 0.4) is 0 Å². The number of aryl methyl sites for hydroxylation is 1. The second kappa shape index (κ2) is 9.47. The van der Waals surface area contributed by atoms with Gasteiger partial charge in [0.25, 0.3) is 5.91 Å². The Kier molecular flexibility index (Phi) is 6.31. The molecular weight excluding hydrogens is 400 g/mol. The third-order valence-corrected chi connectivity index (χ3v) is 5.40. The van der Waals surface area contributed by atoms with Gasteiger partial charge >= 0.3 is 0 Å². The summed E-state index contributed by atoms with van der Waals surface area (Å²) in [5.41, 5.74) is 7.01. The number of hydrogen-bond acceptors (Lipinski definition) is 3. The van der Waals surface area contributed by atoms with E-state index in [0.29, 0.717) is 17.7 Å². The Morgan fingerprint density at radius 1 is 0.938 bits per heavy atom. The van der Waals surface area contributed by atoms with Crippen LogP contribution in [0.5, 0.6) is 0 Å². The first-order chi connectivity index (χ1) is 15.6. The number of anilines is 1. The van der Waals surface area contributed by atoms with Gasteiger partial charge in [-0.2, -0.15) is 5.10 Å². The molecule has 6 heteroatoms. The van der Waals surface area contributed by atoms with E-state index in [-0.39, 0.29) is 11.8 Å². The molecule has 0 atom stereocenters. The fraction of sp³-hybridized carbons (Fsp3) is 0.192. The van der Waals surface area contributed by atoms with Crippen LogP contribution in [0.2, 0.25) is 0 Å². The van der Waals surface area contributed by atoms with Gasteiger partial charge in [0.1, 0.15) is 0 Å². The van der Waals surface area contributed by atoms with Crippen LogP contribution >= 0.6 is 0 Å². The van der Waals surface area contributed by atoms with Gasteiger partial charge in [-0.15, -0.1) is 0 Å². The Hall–Kier alpha value is -3.93. The molecule has 0 aliphatic carbocycles. The lowest BCUT2D eigenvalue weighted by molar-refractivity contribution is -0.116. The summed E-state index contributed by atoms with van der Waals surface area (Å²) >= 11 is 0. The summed E-state index contributed by atoms with van der Waals surface area (Å²) in [6, 6.07) is 21.3. The molecular formula is C26H26N4O2. The number of para-hydroxylation sites is 1. The summed E-state index contributed by atoms with van der Waals surface area (Å²) in [6.45, 7) is 4.99. The van der Waals surface area contributed by atoms with Gasteiger partial charge < -0.3 is 9.88 Å². The zero-order chi connectivity index (χ0) is 22.5. The Labute approximate surface area is 186 Å². The van der Waals surface area contributed by atoms with Crippen LogP contribution in [0.25, 0.3) is 21.8 Å². The topological polar surface area (TPSA) is 75.5 Å². The highest BCUT2D eigenvalue weighted by molar-refractivity contribution is 6.09. The predicted molar refractivity (Wildman–Crippen MR) is 130 cm³/mol. The second-order valence-electron chi connectivity index (χ2n) is 7.61. The van der Waals surface area contributed by atoms with Gasteiger partial charge in [-0.3, -0.25) is 9.59 Å². The quantitative estimate of drug-likeness (QED) is 0.310. The first-order valence-electron chi connectivity index (χ1n) is 10.8. The summed E-state index contributed by atoms with van der Waals surface area (Å²) in [5.74, 6) is -0.343. The van der Waals surface area contributed by atoms with Crippen molar-refractivity contribution in [3.8, 4) is 0 Å². The predicted octanol–water partition coefficient (Wildman–Crippen LogP) is 5.32. The smallest absolute Gasteiger partial charge is 0.271 e. The monoisotopic (exact) mass is 426 g/mol. The fourth-order valence-electron chi connectivity index (χ4n) is 3.88. The molecule has 0 unspecified atom stereocenters. The minimum absolute atomic E-state index is 0.0340. The molecule has 0 aliphatic heterocycles. The standard InChI is InChI=1S/C26H26N4O2/c1-3-7-25(31)28-20-13-11-19(12-14-20)26(32)29-27-17-18-10-15-24-22(16-18)21-8-5-6-9-23(21)30(24)4-2/h5-6,8-17H,3-4,7H2,1-2H3,(H,28,31)(H,29,32)/b27-17+. The normalized spacial score (nSPS) is 11.3. The summed E-state index contributed by atoms with van der Waals surface area (Å²) < 4.78 is 2.29. The maximum absolute atomic E-state index is 12.4. The molecule has 4 rings (SSSR count). The molecule has 3 aromatic carbocycles. The van der Waals surface area contributed by atoms with Crippen LogP contribution < -0.4 is 10.7 Å². The molecule has 2 amide bonds. The van der Waals surface area contributed by atoms with Crippen molar-refractivity contribution in [2.24, 2.45) is 5.10 Å². The second-order valence-corrected chi connectivity index (χ2v) is 7.61. The van der Waals surface area contributed by atoms with E-state index in [4.69, 9.17) is 0 Å². The van der Waals surface area contributed by atoms with Crippen LogP contribution in [0.1, 0.15) is 42.6 Å². The molecule has 4 aromatic rings. The molecule has 0 saturated carbocycles. The average Bonchev–Trinajstić information content (AvgIpc) is 3.12. The van der Waals surface area contributed by atoms with E-state index in [1.165, 1.54) is 21.8 Å². The van der Waals surface area contributed by atoms with Crippen LogP contribution in [0.4, 0.5) is 5.69 Å². The van der Waals surface area contributed by atoms with Gasteiger partial charge in [0, 0.05) is 46.0 Å². The number of amides is 2. The third kappa shape index (κ3) is 4.39. The van der Waals surface area contributed by atoms with Gasteiger partial charge in [0.2, 0.25) is 5.91 Å². The molecule has 0 bridgehead atoms. The summed E-state index contributed by atoms with van der Waals surface area (Å²) in [4.78, 5) is 24.1. The van der Waals surface area contributed by atoms with Crippen molar-refractivity contribution in [1.82, 2.24) is 9.99 Å². The number of hydrazone groups is 1. The van der Waals surface area contributed by atoms with Crippen LogP contribution in [-0.2, 0) is 11.3 Å². The number of carbonyl (C=O) groups is 2. The van der Waals surface area contributed by atoms with Crippen molar-refractivity contribution in [2.45, 2.75) is 33.2 Å². The lowest BCUT2D eigenvalue weighted by Gasteiger charge is -2.05. The maximum atomic E-state index is 12.4. The van der Waals surface area contributed by atoms with Crippen LogP contribution in [0.15, 0.2) is 71.8 Å². The number of aromatic nitrogens is 1. The highest BCUT2D eigenvalue weighted by Gasteiger charge is 2.09. The summed E-state index contributed by atoms with van der Waals surface area (Å²) in [7, 11) is 0. The minimum atomic E-state index is -0.309. The Bertz CT molecular complexity index is 1300. The largest absolute Gasteiger partial charge is 0.341 e. The average molecular weight is 427 g/mol. The highest BCUT2D eigenvalue weighted by Crippen LogP contribution is 2.29. The number of nitrogens with zero attached hydrogens (tertiary/aromatic N) is 2. The van der Waals surface area contributed by atoms with E-state index in [2.05, 4.69) is 57.7 Å². The molecule has 0 radical (unpaired) electrons. The van der Waals surface area contributed by atoms with Crippen molar-refractivity contribution in [3.05, 3.63) is 77.9 Å². The summed E-state index contributed by atoms with van der Waals surface area (Å²) in [6.07, 6.45) is 2.91. The lowest BCUT2D eigenvalue weighted by Crippen LogP contribution is -2.17. The molecule has 0 spiro atoms. The van der Waals surface area contributed by atoms with Crippen molar-refractivity contribution in [3.63, 3.8) is 0 Å². The number of nitrogens with one attached hydrogen (secondary N) is 2. The van der Waals surface area contributed by atoms with E-state index in [9.17, 15) is 9.59 Å². The number of fused-ring (bicyclic) bond motifs is 3. The molecule has 0 fully saturated rings. The number of rotatable bonds is 7. The van der Waals surface area contributed by atoms with Crippen LogP contribution in [0, 0.1) is 0 Å². The van der Waals surface area contributed by atoms with E-state index < -0.39 is 0 Å². The summed E-state index contributed by atoms with van der Waals surface area (Å²) in [5, 5.41) is 9.30. The molecule has 1 heterocycles. The van der Waals surface area contributed by atoms with Crippen LogP contribution in [-0.4, -0.2) is 22.6 Å². The number of hydrogen-bond donors (Lipinski definition) is 2. The van der Waals surface area contributed by atoms with E-state index in [1.54, 1.807) is 30.5 Å². The maximum Gasteiger partial charge on any atom is 0.271 e. The number of carbonyl (C=O) groups excluding carboxylic acids is 2. The van der Waals surface area contributed by atoms with Gasteiger partial charge in [-0.25, -0.2) is 5.43 Å². The van der Waals surface area contributed by atoms with E-state index in [0.717, 1.165) is 18.5 Å². The van der Waals surface area contributed by atoms with Crippen molar-refractivity contribution in [2.75, 3.05) is 5.32 Å². The van der Waals surface area contributed by atoms with Gasteiger partial charge in [0.05, 0.1) is 6.21 Å². The van der Waals surface area contributed by atoms with Gasteiger partial charge in [-0.1, -0.05) is 31.2 Å². The Morgan fingerprint density at radius 3 is 2.44 bits per heavy atom. The number of benzene rings is 3. The van der Waals surface area contributed by atoms with Gasteiger partial charge in [-0.05, 0) is 61.4 Å². The first-order valence-corrected chi connectivity index (χ1v) is 10.8. The molecule has 162 valence electrons. The molecule has 6 nitrogen and oxygen atoms in total. The molecule has 0 aliphatic rings. The SMILES string of the molecule is CCCC(=O)Nc1ccc(C(=O)N/N=C/c2ccc3c(c2)c2ccccc2n3CC)cc1.